The highest BCUT2D eigenvalue weighted by molar-refractivity contribution is 5.49. The van der Waals surface area contributed by atoms with E-state index in [0.717, 1.165) is 0 Å². The van der Waals surface area contributed by atoms with Crippen LogP contribution in [-0.4, -0.2) is 20.6 Å². The average Bonchev–Trinajstić information content (AvgIpc) is 2.85. The van der Waals surface area contributed by atoms with E-state index in [1.165, 1.54) is 12.1 Å². The van der Waals surface area contributed by atoms with E-state index in [4.69, 9.17) is 9.47 Å². The third kappa shape index (κ3) is 2.02. The van der Waals surface area contributed by atoms with Crippen LogP contribution in [0.2, 0.25) is 0 Å². The molecule has 0 aromatic heterocycles. The fourth-order valence-corrected chi connectivity index (χ4v) is 2.25. The standard InChI is InChI=1S/C12H6N3O8/c16-13(17)7-5-10(14(18)19)12(11(6-7)15(20)21)22-8-3-1-2-4-9(8)23-12/h1-6H/q-1. The van der Waals surface area contributed by atoms with Gasteiger partial charge in [0.25, 0.3) is 0 Å². The molecule has 0 saturated carbocycles. The first kappa shape index (κ1) is 14.3. The van der Waals surface area contributed by atoms with Crippen LogP contribution in [0.15, 0.2) is 47.8 Å². The van der Waals surface area contributed by atoms with E-state index >= 15 is 0 Å². The minimum Gasteiger partial charge on any atom is -0.445 e. The van der Waals surface area contributed by atoms with Crippen LogP contribution >= 0.6 is 0 Å². The van der Waals surface area contributed by atoms with Gasteiger partial charge >= 0.3 is 11.5 Å². The molecule has 11 nitrogen and oxygen atoms in total. The molecule has 0 fully saturated rings. The molecule has 0 N–H and O–H groups in total. The summed E-state index contributed by atoms with van der Waals surface area (Å²) >= 11 is 0. The first-order chi connectivity index (χ1) is 10.8. The summed E-state index contributed by atoms with van der Waals surface area (Å²) in [4.78, 5) is 30.5. The van der Waals surface area contributed by atoms with Gasteiger partial charge in [-0.25, -0.2) is 0 Å². The molecule has 11 heteroatoms. The second-order valence-electron chi connectivity index (χ2n) is 4.52. The molecule has 23 heavy (non-hydrogen) atoms. The maximum Gasteiger partial charge on any atom is 0.366 e. The quantitative estimate of drug-likeness (QED) is 0.459. The second-order valence-corrected chi connectivity index (χ2v) is 4.52. The fourth-order valence-electron chi connectivity index (χ4n) is 2.25. The number of nitrogens with zero attached hydrogens (tertiary/aromatic N) is 3. The zero-order valence-corrected chi connectivity index (χ0v) is 11.1. The zero-order valence-electron chi connectivity index (χ0n) is 11.1. The summed E-state index contributed by atoms with van der Waals surface area (Å²) in [6, 6.07) is 4.96. The summed E-state index contributed by atoms with van der Waals surface area (Å²) in [7, 11) is 0. The number of hydrogen-bond donors (Lipinski definition) is 0. The lowest BCUT2D eigenvalue weighted by molar-refractivity contribution is -0.514. The Bertz CT molecular complexity index is 774. The maximum atomic E-state index is 11.3. The van der Waals surface area contributed by atoms with Crippen molar-refractivity contribution in [1.29, 1.82) is 0 Å². The van der Waals surface area contributed by atoms with E-state index in [1.807, 2.05) is 0 Å². The number of fused-ring (bicyclic) bond motifs is 1. The molecule has 0 radical (unpaired) electrons. The van der Waals surface area contributed by atoms with Crippen LogP contribution < -0.4 is 9.47 Å². The van der Waals surface area contributed by atoms with Gasteiger partial charge < -0.3 is 9.47 Å². The van der Waals surface area contributed by atoms with Crippen molar-refractivity contribution in [2.45, 2.75) is 5.79 Å². The van der Waals surface area contributed by atoms with Gasteiger partial charge in [0.2, 0.25) is 6.04 Å². The Hall–Kier alpha value is -3.63. The predicted octanol–water partition coefficient (Wildman–Crippen LogP) is 1.30. The van der Waals surface area contributed by atoms with Crippen molar-refractivity contribution in [3.63, 3.8) is 0 Å². The van der Waals surface area contributed by atoms with Gasteiger partial charge in [-0.15, -0.1) is 0 Å². The molecule has 2 aliphatic rings. The largest absolute Gasteiger partial charge is 0.445 e. The highest BCUT2D eigenvalue weighted by atomic mass is 16.8. The van der Waals surface area contributed by atoms with Crippen LogP contribution in [0.25, 0.3) is 0 Å². The van der Waals surface area contributed by atoms with Gasteiger partial charge in [-0.1, -0.05) is 18.2 Å². The van der Waals surface area contributed by atoms with Crippen LogP contribution in [0.5, 0.6) is 11.5 Å². The Labute approximate surface area is 126 Å². The molecule has 0 saturated heterocycles. The molecule has 0 atom stereocenters. The molecule has 1 aliphatic heterocycles. The number of rotatable bonds is 3. The van der Waals surface area contributed by atoms with Crippen molar-refractivity contribution in [2.24, 2.45) is 0 Å². The normalized spacial score (nSPS) is 17.5. The first-order valence-electron chi connectivity index (χ1n) is 6.06. The minimum atomic E-state index is -2.48. The van der Waals surface area contributed by atoms with Gasteiger partial charge in [0.05, 0.1) is 4.92 Å². The van der Waals surface area contributed by atoms with E-state index in [1.54, 1.807) is 12.1 Å². The Kier molecular flexibility index (Phi) is 2.92. The Morgan fingerprint density at radius 3 is 1.96 bits per heavy atom. The monoisotopic (exact) mass is 320 g/mol. The number of hydrogen-bond acceptors (Lipinski definition) is 8. The van der Waals surface area contributed by atoms with Crippen molar-refractivity contribution < 1.29 is 24.2 Å². The molecule has 118 valence electrons. The molecule has 0 bridgehead atoms. The van der Waals surface area contributed by atoms with Crippen LogP contribution in [-0.2, 0) is 0 Å². The average molecular weight is 320 g/mol. The molecule has 3 rings (SSSR count). The Morgan fingerprint density at radius 1 is 0.957 bits per heavy atom. The van der Waals surface area contributed by atoms with Crippen molar-refractivity contribution in [3.8, 4) is 11.5 Å². The molecule has 0 unspecified atom stereocenters. The van der Waals surface area contributed by atoms with E-state index in [0.29, 0.717) is 12.2 Å². The lowest BCUT2D eigenvalue weighted by atomic mass is 9.96. The first-order valence-corrected chi connectivity index (χ1v) is 6.06. The van der Waals surface area contributed by atoms with Crippen LogP contribution in [0, 0.1) is 36.4 Å². The van der Waals surface area contributed by atoms with Crippen molar-refractivity contribution in [2.75, 3.05) is 0 Å². The van der Waals surface area contributed by atoms with Crippen LogP contribution in [0.4, 0.5) is 0 Å². The van der Waals surface area contributed by atoms with Crippen LogP contribution in [0.3, 0.4) is 0 Å². The molecule has 1 aromatic carbocycles. The van der Waals surface area contributed by atoms with E-state index in [-0.39, 0.29) is 11.5 Å². The minimum absolute atomic E-state index is 0.0533. The molecule has 1 heterocycles. The summed E-state index contributed by atoms with van der Waals surface area (Å²) < 4.78 is 10.7. The van der Waals surface area contributed by atoms with Gasteiger partial charge in [0, 0.05) is 6.08 Å². The highest BCUT2D eigenvalue weighted by Crippen LogP contribution is 2.49. The summed E-state index contributed by atoms with van der Waals surface area (Å²) in [5.74, 6) is -2.37. The summed E-state index contributed by atoms with van der Waals surface area (Å²) in [6.07, 6.45) is 1.16. The van der Waals surface area contributed by atoms with Gasteiger partial charge in [-0.05, 0) is 22.0 Å². The predicted molar refractivity (Wildman–Crippen MR) is 70.8 cm³/mol. The molecule has 0 amide bonds. The number of ether oxygens (including phenoxy) is 2. The Balaban J connectivity index is 2.18. The summed E-state index contributed by atoms with van der Waals surface area (Å²) in [5.41, 5.74) is -1.76. The molecule has 1 aliphatic carbocycles. The van der Waals surface area contributed by atoms with Crippen molar-refractivity contribution in [1.82, 2.24) is 0 Å². The van der Waals surface area contributed by atoms with Gasteiger partial charge in [0.15, 0.2) is 11.5 Å². The van der Waals surface area contributed by atoms with E-state index < -0.39 is 38.0 Å². The number of para-hydroxylation sites is 2. The number of nitro groups is 3. The van der Waals surface area contributed by atoms with E-state index in [2.05, 4.69) is 0 Å². The Morgan fingerprint density at radius 2 is 1.52 bits per heavy atom. The number of benzene rings is 1. The van der Waals surface area contributed by atoms with Crippen molar-refractivity contribution in [3.05, 3.63) is 84.2 Å². The van der Waals surface area contributed by atoms with Gasteiger partial charge in [-0.2, -0.15) is 0 Å². The smallest absolute Gasteiger partial charge is 0.366 e. The fraction of sp³-hybridized carbons (Fsp3) is 0.0833. The lowest BCUT2D eigenvalue weighted by Crippen LogP contribution is -2.52. The molecule has 1 spiro atoms. The zero-order chi connectivity index (χ0) is 16.8. The maximum absolute atomic E-state index is 11.3. The summed E-state index contributed by atoms with van der Waals surface area (Å²) in [5, 5.41) is 33.5. The molecular formula is C12H6N3O8-. The summed E-state index contributed by atoms with van der Waals surface area (Å²) in [6.45, 7) is 0. The topological polar surface area (TPSA) is 148 Å². The SMILES string of the molecule is O=[N+]([O-])C1=C[C-]([N+](=O)[O-])C2(Oc3ccccc3O2)C([N+](=O)[O-])=C1. The number of allylic oxidation sites excluding steroid dienone is 1. The third-order valence-corrected chi connectivity index (χ3v) is 3.20. The van der Waals surface area contributed by atoms with Gasteiger partial charge in [-0.3, -0.25) is 30.3 Å². The van der Waals surface area contributed by atoms with Gasteiger partial charge in [0.1, 0.15) is 5.70 Å². The van der Waals surface area contributed by atoms with Crippen LogP contribution in [0.1, 0.15) is 0 Å². The van der Waals surface area contributed by atoms with E-state index in [9.17, 15) is 30.3 Å². The second kappa shape index (κ2) is 4.69. The third-order valence-electron chi connectivity index (χ3n) is 3.20. The van der Waals surface area contributed by atoms with Crippen molar-refractivity contribution >= 4 is 0 Å². The lowest BCUT2D eigenvalue weighted by Gasteiger charge is -2.32. The molecular weight excluding hydrogens is 314 g/mol. The molecule has 1 aromatic rings. The highest BCUT2D eigenvalue weighted by Gasteiger charge is 2.61.